The summed E-state index contributed by atoms with van der Waals surface area (Å²) in [6.45, 7) is 6.84. The molecule has 1 aromatic heterocycles. The van der Waals surface area contributed by atoms with E-state index in [2.05, 4.69) is 28.5 Å². The molecule has 0 radical (unpaired) electrons. The van der Waals surface area contributed by atoms with E-state index in [9.17, 15) is 14.4 Å². The van der Waals surface area contributed by atoms with Crippen LogP contribution in [0.2, 0.25) is 0 Å². The second-order valence-electron chi connectivity index (χ2n) is 7.05. The van der Waals surface area contributed by atoms with Crippen LogP contribution in [-0.4, -0.2) is 81.8 Å². The lowest BCUT2D eigenvalue weighted by atomic mass is 9.86. The zero-order valence-corrected chi connectivity index (χ0v) is 15.1. The number of amides is 2. The number of hydrogen-bond acceptors (Lipinski definition) is 5. The minimum absolute atomic E-state index is 0.140. The van der Waals surface area contributed by atoms with Crippen molar-refractivity contribution in [1.82, 2.24) is 24.7 Å². The molecule has 26 heavy (non-hydrogen) atoms. The number of nitrogens with zero attached hydrogens (tertiary/aromatic N) is 4. The van der Waals surface area contributed by atoms with Crippen molar-refractivity contribution in [3.63, 3.8) is 0 Å². The molecule has 3 rings (SSSR count). The van der Waals surface area contributed by atoms with Gasteiger partial charge in [0.1, 0.15) is 5.69 Å². The van der Waals surface area contributed by atoms with E-state index in [4.69, 9.17) is 0 Å². The highest BCUT2D eigenvalue weighted by atomic mass is 16.2. The standard InChI is InChI=1S/C18H25N5O3/c1-3-7-22-8-6-18(5-4-16(22)25)13-23(10-9-21(18)2)17(26)14-11-20-15(24)12-19-14/h3,11-12H,1,4-10,13H2,2H3,(H,20,24). The van der Waals surface area contributed by atoms with Crippen molar-refractivity contribution in [1.29, 1.82) is 0 Å². The van der Waals surface area contributed by atoms with Crippen molar-refractivity contribution in [3.8, 4) is 0 Å². The minimum Gasteiger partial charge on any atom is -0.339 e. The van der Waals surface area contributed by atoms with Crippen molar-refractivity contribution in [2.45, 2.75) is 24.8 Å². The van der Waals surface area contributed by atoms with E-state index in [0.29, 0.717) is 32.6 Å². The molecule has 0 saturated carbocycles. The van der Waals surface area contributed by atoms with Crippen molar-refractivity contribution in [3.05, 3.63) is 41.1 Å². The van der Waals surface area contributed by atoms with Crippen LogP contribution in [-0.2, 0) is 4.79 Å². The predicted molar refractivity (Wildman–Crippen MR) is 96.8 cm³/mol. The molecular weight excluding hydrogens is 334 g/mol. The van der Waals surface area contributed by atoms with Gasteiger partial charge in [-0.3, -0.25) is 19.3 Å². The molecule has 2 aliphatic heterocycles. The lowest BCUT2D eigenvalue weighted by Crippen LogP contribution is -2.62. The van der Waals surface area contributed by atoms with E-state index in [-0.39, 0.29) is 28.6 Å². The van der Waals surface area contributed by atoms with Gasteiger partial charge in [-0.2, -0.15) is 0 Å². The highest BCUT2D eigenvalue weighted by molar-refractivity contribution is 5.92. The zero-order chi connectivity index (χ0) is 18.7. The summed E-state index contributed by atoms with van der Waals surface area (Å²) < 4.78 is 0. The number of likely N-dealkylation sites (tertiary alicyclic amines) is 1. The van der Waals surface area contributed by atoms with Gasteiger partial charge in [0.05, 0.1) is 6.20 Å². The molecule has 2 amide bonds. The first-order valence-electron chi connectivity index (χ1n) is 8.89. The van der Waals surface area contributed by atoms with Crippen LogP contribution < -0.4 is 5.56 Å². The Morgan fingerprint density at radius 3 is 2.85 bits per heavy atom. The van der Waals surface area contributed by atoms with Gasteiger partial charge in [-0.15, -0.1) is 6.58 Å². The SMILES string of the molecule is C=CCN1CCC2(CCC1=O)CN(C(=O)c1c[nH]c(=O)cn1)CCN2C. The summed E-state index contributed by atoms with van der Waals surface area (Å²) in [7, 11) is 2.06. The third kappa shape index (κ3) is 3.55. The Kier molecular flexibility index (Phi) is 5.22. The lowest BCUT2D eigenvalue weighted by molar-refractivity contribution is -0.130. The number of likely N-dealkylation sites (N-methyl/N-ethyl adjacent to an activating group) is 1. The second kappa shape index (κ2) is 7.41. The van der Waals surface area contributed by atoms with E-state index in [0.717, 1.165) is 25.6 Å². The number of carbonyl (C=O) groups excluding carboxylic acids is 2. The quantitative estimate of drug-likeness (QED) is 0.773. The average molecular weight is 359 g/mol. The Balaban J connectivity index is 1.78. The fraction of sp³-hybridized carbons (Fsp3) is 0.556. The first kappa shape index (κ1) is 18.3. The molecule has 0 aromatic carbocycles. The number of H-pyrrole nitrogens is 1. The third-order valence-electron chi connectivity index (χ3n) is 5.53. The fourth-order valence-electron chi connectivity index (χ4n) is 3.84. The topological polar surface area (TPSA) is 89.6 Å². The molecule has 0 bridgehead atoms. The van der Waals surface area contributed by atoms with Gasteiger partial charge in [0.2, 0.25) is 5.91 Å². The van der Waals surface area contributed by atoms with Crippen LogP contribution in [0, 0.1) is 0 Å². The maximum Gasteiger partial charge on any atom is 0.274 e. The fourth-order valence-corrected chi connectivity index (χ4v) is 3.84. The Bertz CT molecular complexity index is 741. The smallest absolute Gasteiger partial charge is 0.274 e. The lowest BCUT2D eigenvalue weighted by Gasteiger charge is -2.49. The molecule has 2 saturated heterocycles. The maximum absolute atomic E-state index is 12.8. The van der Waals surface area contributed by atoms with Crippen LogP contribution in [0.3, 0.4) is 0 Å². The molecule has 1 spiro atoms. The van der Waals surface area contributed by atoms with E-state index >= 15 is 0 Å². The van der Waals surface area contributed by atoms with Gasteiger partial charge in [-0.05, 0) is 19.9 Å². The number of aromatic amines is 1. The predicted octanol–water partition coefficient (Wildman–Crippen LogP) is 0.0948. The Morgan fingerprint density at radius 1 is 1.35 bits per heavy atom. The largest absolute Gasteiger partial charge is 0.339 e. The van der Waals surface area contributed by atoms with Crippen LogP contribution >= 0.6 is 0 Å². The summed E-state index contributed by atoms with van der Waals surface area (Å²) in [5.74, 6) is -0.0480. The molecule has 8 heteroatoms. The zero-order valence-electron chi connectivity index (χ0n) is 15.1. The monoisotopic (exact) mass is 359 g/mol. The van der Waals surface area contributed by atoms with Gasteiger partial charge in [0, 0.05) is 50.9 Å². The number of aromatic nitrogens is 2. The minimum atomic E-state index is -0.332. The number of rotatable bonds is 3. The first-order chi connectivity index (χ1) is 12.4. The second-order valence-corrected chi connectivity index (χ2v) is 7.05. The highest BCUT2D eigenvalue weighted by Crippen LogP contribution is 2.32. The molecule has 1 unspecified atom stereocenters. The van der Waals surface area contributed by atoms with E-state index in [1.165, 1.54) is 6.20 Å². The van der Waals surface area contributed by atoms with Crippen LogP contribution in [0.15, 0.2) is 29.8 Å². The summed E-state index contributed by atoms with van der Waals surface area (Å²) in [5.41, 5.74) is -0.315. The molecule has 8 nitrogen and oxygen atoms in total. The van der Waals surface area contributed by atoms with Gasteiger partial charge >= 0.3 is 0 Å². The van der Waals surface area contributed by atoms with Gasteiger partial charge in [0.25, 0.3) is 11.5 Å². The molecule has 1 aromatic rings. The van der Waals surface area contributed by atoms with E-state index in [1.807, 2.05) is 4.90 Å². The first-order valence-corrected chi connectivity index (χ1v) is 8.89. The summed E-state index contributed by atoms with van der Waals surface area (Å²) in [5, 5.41) is 0. The Morgan fingerprint density at radius 2 is 2.15 bits per heavy atom. The number of piperazine rings is 1. The van der Waals surface area contributed by atoms with Crippen molar-refractivity contribution in [2.75, 3.05) is 39.8 Å². The number of carbonyl (C=O) groups is 2. The summed E-state index contributed by atoms with van der Waals surface area (Å²) in [6, 6.07) is 0. The van der Waals surface area contributed by atoms with Crippen LogP contribution in [0.1, 0.15) is 29.8 Å². The molecule has 0 aliphatic carbocycles. The molecule has 3 heterocycles. The van der Waals surface area contributed by atoms with Crippen LogP contribution in [0.5, 0.6) is 0 Å². The summed E-state index contributed by atoms with van der Waals surface area (Å²) in [4.78, 5) is 48.6. The average Bonchev–Trinajstić information content (AvgIpc) is 2.79. The van der Waals surface area contributed by atoms with E-state index < -0.39 is 0 Å². The number of nitrogens with one attached hydrogen (secondary N) is 1. The van der Waals surface area contributed by atoms with Gasteiger partial charge in [0.15, 0.2) is 0 Å². The normalized spacial score (nSPS) is 24.6. The number of hydrogen-bond donors (Lipinski definition) is 1. The van der Waals surface area contributed by atoms with E-state index in [1.54, 1.807) is 11.0 Å². The van der Waals surface area contributed by atoms with Crippen molar-refractivity contribution >= 4 is 11.8 Å². The van der Waals surface area contributed by atoms with Crippen LogP contribution in [0.4, 0.5) is 0 Å². The van der Waals surface area contributed by atoms with Crippen molar-refractivity contribution in [2.24, 2.45) is 0 Å². The molecular formula is C18H25N5O3. The Hall–Kier alpha value is -2.48. The molecule has 1 atom stereocenters. The molecule has 1 N–H and O–H groups in total. The van der Waals surface area contributed by atoms with Gasteiger partial charge in [-0.25, -0.2) is 4.98 Å². The van der Waals surface area contributed by atoms with Gasteiger partial charge in [-0.1, -0.05) is 6.08 Å². The Labute approximate surface area is 152 Å². The summed E-state index contributed by atoms with van der Waals surface area (Å²) in [6.07, 6.45) is 6.23. The molecule has 2 fully saturated rings. The van der Waals surface area contributed by atoms with Crippen molar-refractivity contribution < 1.29 is 9.59 Å². The highest BCUT2D eigenvalue weighted by Gasteiger charge is 2.43. The molecule has 2 aliphatic rings. The third-order valence-corrected chi connectivity index (χ3v) is 5.53. The molecule has 140 valence electrons. The summed E-state index contributed by atoms with van der Waals surface area (Å²) >= 11 is 0. The van der Waals surface area contributed by atoms with Gasteiger partial charge < -0.3 is 14.8 Å². The van der Waals surface area contributed by atoms with Crippen LogP contribution in [0.25, 0.3) is 0 Å². The maximum atomic E-state index is 12.8.